The highest BCUT2D eigenvalue weighted by atomic mass is 16.3. The fourth-order valence-electron chi connectivity index (χ4n) is 7.62. The molecule has 2 atom stereocenters. The van der Waals surface area contributed by atoms with Crippen LogP contribution in [0.3, 0.4) is 0 Å². The largest absolute Gasteiger partial charge is 0.456 e. The number of para-hydroxylation sites is 1. The molecule has 2 heterocycles. The first-order valence-electron chi connectivity index (χ1n) is 16.7. The zero-order valence-corrected chi connectivity index (χ0v) is 26.5. The molecule has 4 nitrogen and oxygen atoms in total. The Morgan fingerprint density at radius 3 is 1.73 bits per heavy atom. The van der Waals surface area contributed by atoms with Crippen molar-refractivity contribution in [3.63, 3.8) is 0 Å². The van der Waals surface area contributed by atoms with Gasteiger partial charge < -0.3 is 4.42 Å². The summed E-state index contributed by atoms with van der Waals surface area (Å²) in [5.74, 6) is 2.53. The van der Waals surface area contributed by atoms with Crippen LogP contribution in [0.25, 0.3) is 78.4 Å². The van der Waals surface area contributed by atoms with Crippen molar-refractivity contribution in [1.29, 1.82) is 0 Å². The summed E-state index contributed by atoms with van der Waals surface area (Å²) in [6.45, 7) is 0. The van der Waals surface area contributed by atoms with Crippen LogP contribution in [-0.4, -0.2) is 15.0 Å². The van der Waals surface area contributed by atoms with Crippen molar-refractivity contribution in [3.05, 3.63) is 175 Å². The molecular weight excluding hydrogens is 599 g/mol. The van der Waals surface area contributed by atoms with Crippen molar-refractivity contribution < 1.29 is 4.42 Å². The maximum Gasteiger partial charge on any atom is 0.164 e. The van der Waals surface area contributed by atoms with Gasteiger partial charge in [0.2, 0.25) is 0 Å². The molecule has 6 aromatic carbocycles. The SMILES string of the molecule is C1=CC2c3ccccc3-c3cc(-c4cc(-c5nc(-c6ccccc6)nc(-c6ccccc6)n5)c5c(c4)oc4ccccc45)ccc3C2C=C1. The van der Waals surface area contributed by atoms with Gasteiger partial charge in [-0.3, -0.25) is 0 Å². The molecule has 10 rings (SSSR count). The lowest BCUT2D eigenvalue weighted by Gasteiger charge is -2.34. The predicted octanol–water partition coefficient (Wildman–Crippen LogP) is 11.4. The minimum Gasteiger partial charge on any atom is -0.456 e. The maximum atomic E-state index is 6.56. The van der Waals surface area contributed by atoms with E-state index in [1.807, 2.05) is 72.8 Å². The average molecular weight is 628 g/mol. The van der Waals surface area contributed by atoms with Crippen molar-refractivity contribution in [3.8, 4) is 56.4 Å². The van der Waals surface area contributed by atoms with Crippen molar-refractivity contribution in [2.45, 2.75) is 11.8 Å². The fraction of sp³-hybridized carbons (Fsp3) is 0.0444. The van der Waals surface area contributed by atoms with Crippen molar-refractivity contribution in [2.75, 3.05) is 0 Å². The molecule has 0 fully saturated rings. The number of rotatable bonds is 4. The van der Waals surface area contributed by atoms with Gasteiger partial charge >= 0.3 is 0 Å². The lowest BCUT2D eigenvalue weighted by molar-refractivity contribution is 0.669. The average Bonchev–Trinajstić information content (AvgIpc) is 3.57. The van der Waals surface area contributed by atoms with E-state index in [9.17, 15) is 0 Å². The monoisotopic (exact) mass is 627 g/mol. The van der Waals surface area contributed by atoms with Gasteiger partial charge in [0.1, 0.15) is 11.2 Å². The number of allylic oxidation sites excluding steroid dienone is 4. The molecule has 4 heteroatoms. The van der Waals surface area contributed by atoms with Crippen LogP contribution in [0.2, 0.25) is 0 Å². The molecule has 2 unspecified atom stereocenters. The van der Waals surface area contributed by atoms with E-state index < -0.39 is 0 Å². The normalized spacial score (nSPS) is 16.0. The van der Waals surface area contributed by atoms with Crippen LogP contribution in [0.5, 0.6) is 0 Å². The highest BCUT2D eigenvalue weighted by molar-refractivity contribution is 6.13. The number of nitrogens with zero attached hydrogens (tertiary/aromatic N) is 3. The second-order valence-electron chi connectivity index (χ2n) is 12.7. The summed E-state index contributed by atoms with van der Waals surface area (Å²) in [4.78, 5) is 15.2. The molecule has 0 N–H and O–H groups in total. The Morgan fingerprint density at radius 2 is 1.00 bits per heavy atom. The molecule has 0 aliphatic heterocycles. The Labute approximate surface area is 283 Å². The molecule has 0 spiro atoms. The van der Waals surface area contributed by atoms with E-state index in [1.165, 1.54) is 22.3 Å². The topological polar surface area (TPSA) is 51.8 Å². The summed E-state index contributed by atoms with van der Waals surface area (Å²) < 4.78 is 6.56. The summed E-state index contributed by atoms with van der Waals surface area (Å²) in [5, 5.41) is 2.03. The Hall–Kier alpha value is -6.39. The molecule has 0 saturated carbocycles. The lowest BCUT2D eigenvalue weighted by atomic mass is 9.69. The van der Waals surface area contributed by atoms with E-state index in [1.54, 1.807) is 0 Å². The molecule has 8 aromatic rings. The molecule has 2 aromatic heterocycles. The van der Waals surface area contributed by atoms with Gasteiger partial charge in [0.15, 0.2) is 17.5 Å². The molecule has 0 radical (unpaired) electrons. The Bertz CT molecular complexity index is 2560. The van der Waals surface area contributed by atoms with E-state index >= 15 is 0 Å². The molecule has 0 bridgehead atoms. The Kier molecular flexibility index (Phi) is 6.28. The van der Waals surface area contributed by atoms with Crippen molar-refractivity contribution in [2.24, 2.45) is 0 Å². The van der Waals surface area contributed by atoms with Crippen LogP contribution >= 0.6 is 0 Å². The first kappa shape index (κ1) is 27.7. The molecular formula is C45H29N3O. The third-order valence-corrected chi connectivity index (χ3v) is 9.91. The standard InChI is InChI=1S/C45H29N3O/c1-3-13-28(14-4-1)43-46-44(29-15-5-2-6-16-29)48-45(47-43)39-26-31(27-41-42(39)37-21-11-12-22-40(37)49-41)30-23-24-36-34-19-8-7-17-32(34)33-18-9-10-20-35(33)38(36)25-30/h1-27,32,34H. The summed E-state index contributed by atoms with van der Waals surface area (Å²) in [6.07, 6.45) is 9.03. The lowest BCUT2D eigenvalue weighted by Crippen LogP contribution is -2.16. The van der Waals surface area contributed by atoms with Crippen LogP contribution in [0, 0.1) is 0 Å². The first-order chi connectivity index (χ1) is 24.3. The van der Waals surface area contributed by atoms with Crippen molar-refractivity contribution >= 4 is 21.9 Å². The van der Waals surface area contributed by atoms with Gasteiger partial charge in [-0.15, -0.1) is 0 Å². The Balaban J connectivity index is 1.22. The second-order valence-corrected chi connectivity index (χ2v) is 12.7. The maximum absolute atomic E-state index is 6.56. The van der Waals surface area contributed by atoms with E-state index in [2.05, 4.69) is 91.0 Å². The van der Waals surface area contributed by atoms with Crippen molar-refractivity contribution in [1.82, 2.24) is 15.0 Å². The zero-order valence-electron chi connectivity index (χ0n) is 26.5. The number of hydrogen-bond donors (Lipinski definition) is 0. The van der Waals surface area contributed by atoms with E-state index in [4.69, 9.17) is 19.4 Å². The minimum atomic E-state index is 0.315. The quantitative estimate of drug-likeness (QED) is 0.195. The third-order valence-electron chi connectivity index (χ3n) is 9.91. The summed E-state index contributed by atoms with van der Waals surface area (Å²) in [7, 11) is 0. The smallest absolute Gasteiger partial charge is 0.164 e. The third kappa shape index (κ3) is 4.56. The van der Waals surface area contributed by atoms with Gasteiger partial charge in [-0.1, -0.05) is 140 Å². The highest BCUT2D eigenvalue weighted by Crippen LogP contribution is 2.50. The van der Waals surface area contributed by atoms with E-state index in [0.29, 0.717) is 29.3 Å². The molecule has 2 aliphatic rings. The summed E-state index contributed by atoms with van der Waals surface area (Å²) >= 11 is 0. The van der Waals surface area contributed by atoms with Crippen LogP contribution in [0.1, 0.15) is 23.0 Å². The first-order valence-corrected chi connectivity index (χ1v) is 16.7. The molecule has 0 saturated heterocycles. The molecule has 230 valence electrons. The minimum absolute atomic E-state index is 0.315. The number of hydrogen-bond acceptors (Lipinski definition) is 4. The second kappa shape index (κ2) is 11.1. The summed E-state index contributed by atoms with van der Waals surface area (Å²) in [6, 6.07) is 48.6. The Morgan fingerprint density at radius 1 is 0.408 bits per heavy atom. The van der Waals surface area contributed by atoms with Gasteiger partial charge in [-0.2, -0.15) is 0 Å². The number of fused-ring (bicyclic) bond motifs is 9. The van der Waals surface area contributed by atoms with Crippen LogP contribution in [-0.2, 0) is 0 Å². The number of aromatic nitrogens is 3. The zero-order chi connectivity index (χ0) is 32.3. The highest BCUT2D eigenvalue weighted by Gasteiger charge is 2.32. The van der Waals surface area contributed by atoms with E-state index in [0.717, 1.165) is 49.8 Å². The number of furan rings is 1. The molecule has 2 aliphatic carbocycles. The summed E-state index contributed by atoms with van der Waals surface area (Å²) in [5.41, 5.74) is 11.9. The van der Waals surface area contributed by atoms with Crippen LogP contribution in [0.4, 0.5) is 0 Å². The fourth-order valence-corrected chi connectivity index (χ4v) is 7.62. The van der Waals surface area contributed by atoms with Gasteiger partial charge in [0, 0.05) is 39.3 Å². The van der Waals surface area contributed by atoms with E-state index in [-0.39, 0.29) is 0 Å². The molecule has 49 heavy (non-hydrogen) atoms. The van der Waals surface area contributed by atoms with Gasteiger partial charge in [0.25, 0.3) is 0 Å². The molecule has 0 amide bonds. The van der Waals surface area contributed by atoms with Gasteiger partial charge in [-0.25, -0.2) is 15.0 Å². The number of benzene rings is 6. The van der Waals surface area contributed by atoms with Crippen LogP contribution < -0.4 is 0 Å². The van der Waals surface area contributed by atoms with Crippen LogP contribution in [0.15, 0.2) is 168 Å². The van der Waals surface area contributed by atoms with Gasteiger partial charge in [-0.05, 0) is 57.6 Å². The van der Waals surface area contributed by atoms with Gasteiger partial charge in [0.05, 0.1) is 0 Å². The predicted molar refractivity (Wildman–Crippen MR) is 198 cm³/mol.